The molecule has 0 atom stereocenters. The molecular weight excluding hydrogens is 254 g/mol. The Labute approximate surface area is 109 Å². The first kappa shape index (κ1) is 12.7. The zero-order chi connectivity index (χ0) is 13.1. The minimum absolute atomic E-state index is 0.0629. The number of rotatable bonds is 1. The van der Waals surface area contributed by atoms with Crippen LogP contribution in [0.3, 0.4) is 0 Å². The maximum Gasteiger partial charge on any atom is 0.409 e. The number of amides is 2. The molecule has 0 bridgehead atoms. The molecule has 1 saturated heterocycles. The molecule has 0 saturated carbocycles. The van der Waals surface area contributed by atoms with Gasteiger partial charge in [0.25, 0.3) is 5.91 Å². The predicted molar refractivity (Wildman–Crippen MR) is 68.6 cm³/mol. The van der Waals surface area contributed by atoms with Crippen molar-refractivity contribution in [1.82, 2.24) is 9.80 Å². The summed E-state index contributed by atoms with van der Waals surface area (Å²) in [6, 6.07) is 1.72. The smallest absolute Gasteiger partial charge is 0.409 e. The Morgan fingerprint density at radius 2 is 1.89 bits per heavy atom. The summed E-state index contributed by atoms with van der Waals surface area (Å²) in [5, 5.41) is 1.80. The molecule has 1 aliphatic rings. The van der Waals surface area contributed by atoms with Crippen LogP contribution in [0.25, 0.3) is 0 Å². The zero-order valence-corrected chi connectivity index (χ0v) is 10.9. The second kappa shape index (κ2) is 5.26. The summed E-state index contributed by atoms with van der Waals surface area (Å²) in [6.45, 7) is 1.99. The summed E-state index contributed by atoms with van der Waals surface area (Å²) in [6.07, 6.45) is -0.349. The van der Waals surface area contributed by atoms with E-state index in [4.69, 9.17) is 5.73 Å². The maximum atomic E-state index is 12.1. The van der Waals surface area contributed by atoms with Gasteiger partial charge >= 0.3 is 6.09 Å². The van der Waals surface area contributed by atoms with Crippen molar-refractivity contribution in [2.24, 2.45) is 0 Å². The Bertz CT molecular complexity index is 452. The van der Waals surface area contributed by atoms with Gasteiger partial charge in [-0.25, -0.2) is 4.79 Å². The number of anilines is 1. The van der Waals surface area contributed by atoms with E-state index in [1.807, 2.05) is 0 Å². The Hall–Kier alpha value is -1.76. The quantitative estimate of drug-likeness (QED) is 0.820. The van der Waals surface area contributed by atoms with Gasteiger partial charge in [0.2, 0.25) is 0 Å². The Kier molecular flexibility index (Phi) is 3.71. The normalized spacial score (nSPS) is 15.6. The Morgan fingerprint density at radius 1 is 1.28 bits per heavy atom. The fraction of sp³-hybridized carbons (Fsp3) is 0.455. The molecule has 2 heterocycles. The van der Waals surface area contributed by atoms with E-state index in [0.29, 0.717) is 36.7 Å². The molecule has 2 rings (SSSR count). The van der Waals surface area contributed by atoms with Crippen molar-refractivity contribution in [2.75, 3.05) is 39.0 Å². The number of nitrogens with zero attached hydrogens (tertiary/aromatic N) is 2. The van der Waals surface area contributed by atoms with Crippen LogP contribution in [-0.2, 0) is 4.74 Å². The molecule has 0 aromatic carbocycles. The van der Waals surface area contributed by atoms with Gasteiger partial charge in [-0.3, -0.25) is 4.79 Å². The molecule has 6 nitrogen and oxygen atoms in total. The van der Waals surface area contributed by atoms with E-state index in [1.165, 1.54) is 18.4 Å². The second-order valence-electron chi connectivity index (χ2n) is 3.95. The van der Waals surface area contributed by atoms with Crippen LogP contribution in [-0.4, -0.2) is 55.1 Å². The van der Waals surface area contributed by atoms with E-state index < -0.39 is 0 Å². The lowest BCUT2D eigenvalue weighted by Gasteiger charge is -2.33. The molecule has 0 spiro atoms. The first-order valence-electron chi connectivity index (χ1n) is 5.58. The van der Waals surface area contributed by atoms with Crippen LogP contribution in [0.2, 0.25) is 0 Å². The highest BCUT2D eigenvalue weighted by molar-refractivity contribution is 7.12. The number of carbonyl (C=O) groups excluding carboxylic acids is 2. The van der Waals surface area contributed by atoms with Crippen LogP contribution >= 0.6 is 11.3 Å². The van der Waals surface area contributed by atoms with Gasteiger partial charge in [0.15, 0.2) is 0 Å². The average molecular weight is 269 g/mol. The standard InChI is InChI=1S/C11H15N3O3S/c1-17-11(16)14-5-3-13(4-6-14)10(15)9-8(12)2-7-18-9/h2,7H,3-6,12H2,1H3. The molecule has 0 aliphatic carbocycles. The first-order valence-corrected chi connectivity index (χ1v) is 6.46. The van der Waals surface area contributed by atoms with Crippen LogP contribution in [0.1, 0.15) is 9.67 Å². The molecule has 1 fully saturated rings. The van der Waals surface area contributed by atoms with Crippen LogP contribution in [0, 0.1) is 0 Å². The number of piperazine rings is 1. The second-order valence-corrected chi connectivity index (χ2v) is 4.87. The molecular formula is C11H15N3O3S. The van der Waals surface area contributed by atoms with Crippen molar-refractivity contribution in [1.29, 1.82) is 0 Å². The number of hydrogen-bond acceptors (Lipinski definition) is 5. The predicted octanol–water partition coefficient (Wildman–Crippen LogP) is 0.855. The summed E-state index contributed by atoms with van der Waals surface area (Å²) >= 11 is 1.34. The number of thiophene rings is 1. The van der Waals surface area contributed by atoms with Crippen molar-refractivity contribution < 1.29 is 14.3 Å². The summed E-state index contributed by atoms with van der Waals surface area (Å²) in [4.78, 5) is 27.3. The number of hydrogen-bond donors (Lipinski definition) is 1. The van der Waals surface area contributed by atoms with Crippen molar-refractivity contribution in [3.05, 3.63) is 16.3 Å². The summed E-state index contributed by atoms with van der Waals surface area (Å²) in [7, 11) is 1.35. The van der Waals surface area contributed by atoms with Gasteiger partial charge < -0.3 is 20.3 Å². The molecule has 2 amide bonds. The third-order valence-corrected chi connectivity index (χ3v) is 3.81. The minimum Gasteiger partial charge on any atom is -0.453 e. The number of carbonyl (C=O) groups is 2. The van der Waals surface area contributed by atoms with Crippen molar-refractivity contribution >= 4 is 29.0 Å². The van der Waals surface area contributed by atoms with Crippen molar-refractivity contribution in [3.63, 3.8) is 0 Å². The highest BCUT2D eigenvalue weighted by atomic mass is 32.1. The fourth-order valence-corrected chi connectivity index (χ4v) is 2.64. The summed E-state index contributed by atoms with van der Waals surface area (Å²) in [5.41, 5.74) is 6.24. The Morgan fingerprint density at radius 3 is 2.39 bits per heavy atom. The molecule has 1 aliphatic heterocycles. The van der Waals surface area contributed by atoms with Crippen LogP contribution in [0.5, 0.6) is 0 Å². The van der Waals surface area contributed by atoms with Gasteiger partial charge in [-0.05, 0) is 11.4 Å². The third kappa shape index (κ3) is 2.40. The van der Waals surface area contributed by atoms with Crippen LogP contribution in [0.4, 0.5) is 10.5 Å². The molecule has 1 aromatic heterocycles. The lowest BCUT2D eigenvalue weighted by molar-refractivity contribution is 0.0604. The SMILES string of the molecule is COC(=O)N1CCN(C(=O)c2sccc2N)CC1. The van der Waals surface area contributed by atoms with Crippen molar-refractivity contribution in [3.8, 4) is 0 Å². The molecule has 98 valence electrons. The highest BCUT2D eigenvalue weighted by Crippen LogP contribution is 2.21. The van der Waals surface area contributed by atoms with Gasteiger partial charge in [0.1, 0.15) is 4.88 Å². The van der Waals surface area contributed by atoms with Gasteiger partial charge in [0, 0.05) is 26.2 Å². The number of methoxy groups -OCH3 is 1. The molecule has 2 N–H and O–H groups in total. The highest BCUT2D eigenvalue weighted by Gasteiger charge is 2.26. The lowest BCUT2D eigenvalue weighted by atomic mass is 10.3. The van der Waals surface area contributed by atoms with Gasteiger partial charge in [-0.1, -0.05) is 0 Å². The first-order chi connectivity index (χ1) is 8.63. The molecule has 18 heavy (non-hydrogen) atoms. The van der Waals surface area contributed by atoms with Gasteiger partial charge in [-0.2, -0.15) is 0 Å². The fourth-order valence-electron chi connectivity index (χ4n) is 1.86. The summed E-state index contributed by atoms with van der Waals surface area (Å²) in [5.74, 6) is -0.0629. The maximum absolute atomic E-state index is 12.1. The van der Waals surface area contributed by atoms with E-state index >= 15 is 0 Å². The van der Waals surface area contributed by atoms with Crippen LogP contribution < -0.4 is 5.73 Å². The topological polar surface area (TPSA) is 75.9 Å². The van der Waals surface area contributed by atoms with Gasteiger partial charge in [0.05, 0.1) is 12.8 Å². The number of nitrogen functional groups attached to an aromatic ring is 1. The molecule has 0 radical (unpaired) electrons. The number of nitrogens with two attached hydrogens (primary N) is 1. The zero-order valence-electron chi connectivity index (χ0n) is 10.1. The van der Waals surface area contributed by atoms with Gasteiger partial charge in [-0.15, -0.1) is 11.3 Å². The van der Waals surface area contributed by atoms with Crippen LogP contribution in [0.15, 0.2) is 11.4 Å². The summed E-state index contributed by atoms with van der Waals surface area (Å²) < 4.78 is 4.64. The Balaban J connectivity index is 1.96. The van der Waals surface area contributed by atoms with E-state index in [0.717, 1.165) is 0 Å². The molecule has 7 heteroatoms. The molecule has 0 unspecified atom stereocenters. The van der Waals surface area contributed by atoms with E-state index in [2.05, 4.69) is 4.74 Å². The van der Waals surface area contributed by atoms with Crippen molar-refractivity contribution in [2.45, 2.75) is 0 Å². The van der Waals surface area contributed by atoms with E-state index in [1.54, 1.807) is 21.2 Å². The number of ether oxygens (including phenoxy) is 1. The third-order valence-electron chi connectivity index (χ3n) is 2.89. The monoisotopic (exact) mass is 269 g/mol. The minimum atomic E-state index is -0.349. The lowest BCUT2D eigenvalue weighted by Crippen LogP contribution is -2.50. The largest absolute Gasteiger partial charge is 0.453 e. The molecule has 1 aromatic rings. The average Bonchev–Trinajstić information content (AvgIpc) is 2.83. The van der Waals surface area contributed by atoms with E-state index in [9.17, 15) is 9.59 Å². The van der Waals surface area contributed by atoms with E-state index in [-0.39, 0.29) is 12.0 Å².